The van der Waals surface area contributed by atoms with Gasteiger partial charge in [-0.1, -0.05) is 15.9 Å². The zero-order chi connectivity index (χ0) is 11.9. The smallest absolute Gasteiger partial charge is 0.238 e. The molecular weight excluding hydrogens is 294 g/mol. The molecule has 2 rings (SSSR count). The Morgan fingerprint density at radius 3 is 2.25 bits per heavy atom. The number of rotatable bonds is 2. The second-order valence-electron chi connectivity index (χ2n) is 4.82. The van der Waals surface area contributed by atoms with E-state index in [4.69, 9.17) is 0 Å². The lowest BCUT2D eigenvalue weighted by Crippen LogP contribution is -2.48. The van der Waals surface area contributed by atoms with Crippen molar-refractivity contribution < 1.29 is 13.2 Å². The summed E-state index contributed by atoms with van der Waals surface area (Å²) in [4.78, 5) is 14.2. The Bertz CT molecular complexity index is 381. The molecule has 0 N–H and O–H groups in total. The molecule has 0 aromatic carbocycles. The molecule has 2 fully saturated rings. The van der Waals surface area contributed by atoms with E-state index in [0.717, 1.165) is 31.9 Å². The van der Waals surface area contributed by atoms with E-state index in [0.29, 0.717) is 4.83 Å². The minimum Gasteiger partial charge on any atom is -0.336 e. The zero-order valence-corrected chi connectivity index (χ0v) is 11.6. The summed E-state index contributed by atoms with van der Waals surface area (Å²) in [6.07, 6.45) is 5.05. The van der Waals surface area contributed by atoms with Gasteiger partial charge in [-0.3, -0.25) is 4.79 Å². The van der Waals surface area contributed by atoms with Crippen molar-refractivity contribution in [3.8, 4) is 0 Å². The molecule has 2 aliphatic rings. The highest BCUT2D eigenvalue weighted by Crippen LogP contribution is 2.38. The largest absolute Gasteiger partial charge is 0.336 e. The van der Waals surface area contributed by atoms with Crippen LogP contribution in [0.5, 0.6) is 0 Å². The fraction of sp³-hybridized carbons (Fsp3) is 0.900. The number of alkyl halides is 1. The number of nitrogens with zero attached hydrogens (tertiary/aromatic N) is 1. The lowest BCUT2D eigenvalue weighted by molar-refractivity contribution is -0.132. The second-order valence-corrected chi connectivity index (χ2v) is 8.26. The van der Waals surface area contributed by atoms with Gasteiger partial charge < -0.3 is 4.90 Å². The molecule has 2 aliphatic heterocycles. The van der Waals surface area contributed by atoms with Crippen molar-refractivity contribution >= 4 is 31.7 Å². The first-order valence-electron chi connectivity index (χ1n) is 5.50. The SMILES string of the molecule is CS(=O)(=O)CC(=O)N1C2CCC1CC(Br)C2. The molecule has 4 nitrogen and oxygen atoms in total. The van der Waals surface area contributed by atoms with Gasteiger partial charge in [0.2, 0.25) is 5.91 Å². The van der Waals surface area contributed by atoms with Crippen LogP contribution in [-0.4, -0.2) is 48.1 Å². The highest BCUT2D eigenvalue weighted by Gasteiger charge is 2.42. The summed E-state index contributed by atoms with van der Waals surface area (Å²) in [5.41, 5.74) is 0. The van der Waals surface area contributed by atoms with E-state index in [-0.39, 0.29) is 23.7 Å². The number of piperidine rings is 1. The molecule has 0 radical (unpaired) electrons. The molecule has 2 atom stereocenters. The molecule has 1 amide bonds. The van der Waals surface area contributed by atoms with Gasteiger partial charge in [0.25, 0.3) is 0 Å². The highest BCUT2D eigenvalue weighted by atomic mass is 79.9. The summed E-state index contributed by atoms with van der Waals surface area (Å²) in [7, 11) is -3.21. The van der Waals surface area contributed by atoms with Crippen LogP contribution in [0.3, 0.4) is 0 Å². The van der Waals surface area contributed by atoms with E-state index in [9.17, 15) is 13.2 Å². The molecule has 0 aromatic rings. The van der Waals surface area contributed by atoms with Gasteiger partial charge in [0.15, 0.2) is 9.84 Å². The third-order valence-corrected chi connectivity index (χ3v) is 4.87. The van der Waals surface area contributed by atoms with E-state index in [2.05, 4.69) is 15.9 Å². The minimum absolute atomic E-state index is 0.214. The molecule has 0 saturated carbocycles. The molecule has 16 heavy (non-hydrogen) atoms. The van der Waals surface area contributed by atoms with Crippen molar-refractivity contribution in [2.45, 2.75) is 42.6 Å². The van der Waals surface area contributed by atoms with E-state index in [1.165, 1.54) is 0 Å². The number of carbonyl (C=O) groups is 1. The van der Waals surface area contributed by atoms with Crippen molar-refractivity contribution in [1.82, 2.24) is 4.90 Å². The van der Waals surface area contributed by atoms with Gasteiger partial charge >= 0.3 is 0 Å². The lowest BCUT2D eigenvalue weighted by atomic mass is 10.0. The number of fused-ring (bicyclic) bond motifs is 2. The maximum absolute atomic E-state index is 11.9. The first-order chi connectivity index (χ1) is 7.37. The number of sulfone groups is 1. The molecular formula is C10H16BrNO3S. The molecule has 2 heterocycles. The molecule has 0 spiro atoms. The van der Waals surface area contributed by atoms with Gasteiger partial charge in [-0.15, -0.1) is 0 Å². The summed E-state index contributed by atoms with van der Waals surface area (Å²) >= 11 is 3.59. The summed E-state index contributed by atoms with van der Waals surface area (Å²) in [5, 5.41) is 0. The molecule has 2 saturated heterocycles. The Morgan fingerprint density at radius 1 is 1.31 bits per heavy atom. The Balaban J connectivity index is 2.09. The van der Waals surface area contributed by atoms with Gasteiger partial charge in [-0.05, 0) is 25.7 Å². The van der Waals surface area contributed by atoms with E-state index in [1.807, 2.05) is 4.90 Å². The van der Waals surface area contributed by atoms with Crippen LogP contribution in [0, 0.1) is 0 Å². The molecule has 6 heteroatoms. The lowest BCUT2D eigenvalue weighted by Gasteiger charge is -2.37. The monoisotopic (exact) mass is 309 g/mol. The quantitative estimate of drug-likeness (QED) is 0.714. The average molecular weight is 310 g/mol. The first-order valence-corrected chi connectivity index (χ1v) is 8.47. The van der Waals surface area contributed by atoms with Crippen LogP contribution in [0.25, 0.3) is 0 Å². The van der Waals surface area contributed by atoms with Crippen LogP contribution in [0.1, 0.15) is 25.7 Å². The molecule has 0 aromatic heterocycles. The minimum atomic E-state index is -3.21. The number of carbonyl (C=O) groups excluding carboxylic acids is 1. The maximum atomic E-state index is 11.9. The van der Waals surface area contributed by atoms with Gasteiger partial charge in [0.05, 0.1) is 0 Å². The van der Waals surface area contributed by atoms with Crippen molar-refractivity contribution in [2.24, 2.45) is 0 Å². The Hall–Kier alpha value is -0.100. The van der Waals surface area contributed by atoms with Crippen molar-refractivity contribution in [3.63, 3.8) is 0 Å². The van der Waals surface area contributed by atoms with Crippen molar-refractivity contribution in [3.05, 3.63) is 0 Å². The summed E-state index contributed by atoms with van der Waals surface area (Å²) < 4.78 is 22.3. The van der Waals surface area contributed by atoms with E-state index in [1.54, 1.807) is 0 Å². The van der Waals surface area contributed by atoms with Crippen LogP contribution >= 0.6 is 15.9 Å². The normalized spacial score (nSPS) is 34.1. The number of hydrogen-bond acceptors (Lipinski definition) is 3. The van der Waals surface area contributed by atoms with Crippen LogP contribution in [-0.2, 0) is 14.6 Å². The summed E-state index contributed by atoms with van der Waals surface area (Å²) in [6, 6.07) is 0.495. The number of halogens is 1. The van der Waals surface area contributed by atoms with E-state index < -0.39 is 9.84 Å². The zero-order valence-electron chi connectivity index (χ0n) is 9.23. The average Bonchev–Trinajstić information content (AvgIpc) is 2.36. The third kappa shape index (κ3) is 2.59. The van der Waals surface area contributed by atoms with Crippen LogP contribution in [0.2, 0.25) is 0 Å². The number of amides is 1. The van der Waals surface area contributed by atoms with Crippen LogP contribution in [0.15, 0.2) is 0 Å². The van der Waals surface area contributed by atoms with Gasteiger partial charge in [-0.25, -0.2) is 8.42 Å². The molecule has 0 aliphatic carbocycles. The summed E-state index contributed by atoms with van der Waals surface area (Å²) in [5.74, 6) is -0.554. The summed E-state index contributed by atoms with van der Waals surface area (Å²) in [6.45, 7) is 0. The molecule has 2 unspecified atom stereocenters. The molecule has 2 bridgehead atoms. The Morgan fingerprint density at radius 2 is 1.81 bits per heavy atom. The van der Waals surface area contributed by atoms with E-state index >= 15 is 0 Å². The Labute approximate surface area is 104 Å². The predicted molar refractivity (Wildman–Crippen MR) is 65.3 cm³/mol. The van der Waals surface area contributed by atoms with Crippen LogP contribution < -0.4 is 0 Å². The maximum Gasteiger partial charge on any atom is 0.238 e. The Kier molecular flexibility index (Phi) is 3.32. The van der Waals surface area contributed by atoms with Crippen LogP contribution in [0.4, 0.5) is 0 Å². The standard InChI is InChI=1S/C10H16BrNO3S/c1-16(14,15)6-10(13)12-8-2-3-9(12)5-7(11)4-8/h7-9H,2-6H2,1H3. The van der Waals surface area contributed by atoms with Crippen molar-refractivity contribution in [1.29, 1.82) is 0 Å². The molecule has 92 valence electrons. The van der Waals surface area contributed by atoms with Gasteiger partial charge in [0, 0.05) is 23.2 Å². The predicted octanol–water partition coefficient (Wildman–Crippen LogP) is 0.948. The highest BCUT2D eigenvalue weighted by molar-refractivity contribution is 9.09. The van der Waals surface area contributed by atoms with Gasteiger partial charge in [-0.2, -0.15) is 0 Å². The fourth-order valence-electron chi connectivity index (χ4n) is 2.82. The first kappa shape index (κ1) is 12.4. The second kappa shape index (κ2) is 4.29. The number of hydrogen-bond donors (Lipinski definition) is 0. The third-order valence-electron chi connectivity index (χ3n) is 3.35. The topological polar surface area (TPSA) is 54.5 Å². The van der Waals surface area contributed by atoms with Crippen molar-refractivity contribution in [2.75, 3.05) is 12.0 Å². The van der Waals surface area contributed by atoms with Gasteiger partial charge in [0.1, 0.15) is 5.75 Å². The fourth-order valence-corrected chi connectivity index (χ4v) is 4.28.